The zero-order chi connectivity index (χ0) is 14.5. The Kier molecular flexibility index (Phi) is 4.26. The number of aliphatic hydroxyl groups is 1. The molecule has 0 saturated heterocycles. The van der Waals surface area contributed by atoms with Crippen molar-refractivity contribution in [2.75, 3.05) is 18.1 Å². The molecule has 0 atom stereocenters. The number of aromatic nitrogens is 1. The van der Waals surface area contributed by atoms with Gasteiger partial charge in [-0.25, -0.2) is 4.98 Å². The van der Waals surface area contributed by atoms with Gasteiger partial charge in [0.15, 0.2) is 0 Å². The number of pyridine rings is 1. The molecule has 0 aliphatic heterocycles. The number of aliphatic hydroxyl groups excluding tert-OH is 1. The van der Waals surface area contributed by atoms with Gasteiger partial charge in [-0.1, -0.05) is 0 Å². The van der Waals surface area contributed by atoms with Gasteiger partial charge in [0, 0.05) is 5.75 Å². The van der Waals surface area contributed by atoms with Crippen LogP contribution in [0.5, 0.6) is 0 Å². The number of nitrogens with zero attached hydrogens (tertiary/aromatic N) is 3. The van der Waals surface area contributed by atoms with Crippen LogP contribution in [-0.4, -0.2) is 22.5 Å². The van der Waals surface area contributed by atoms with Crippen LogP contribution >= 0.6 is 11.8 Å². The van der Waals surface area contributed by atoms with Crippen molar-refractivity contribution < 1.29 is 9.52 Å². The maximum Gasteiger partial charge on any atom is 0.143 e. The fraction of sp³-hybridized carbons (Fsp3) is 0.154. The first-order chi connectivity index (χ1) is 9.72. The highest BCUT2D eigenvalue weighted by atomic mass is 32.2. The van der Waals surface area contributed by atoms with Gasteiger partial charge < -0.3 is 15.3 Å². The number of thioether (sulfide) groups is 1. The molecule has 0 aromatic carbocycles. The lowest BCUT2D eigenvalue weighted by atomic mass is 10.0. The summed E-state index contributed by atoms with van der Waals surface area (Å²) < 4.78 is 5.27. The summed E-state index contributed by atoms with van der Waals surface area (Å²) in [5.41, 5.74) is 6.46. The Morgan fingerprint density at radius 1 is 1.35 bits per heavy atom. The third kappa shape index (κ3) is 2.45. The molecule has 0 unspecified atom stereocenters. The summed E-state index contributed by atoms with van der Waals surface area (Å²) in [6.45, 7) is -0.0484. The van der Waals surface area contributed by atoms with E-state index in [9.17, 15) is 10.5 Å². The molecule has 7 heteroatoms. The summed E-state index contributed by atoms with van der Waals surface area (Å²) in [5, 5.41) is 27.8. The van der Waals surface area contributed by atoms with Crippen molar-refractivity contribution in [1.29, 1.82) is 10.5 Å². The molecule has 0 saturated carbocycles. The van der Waals surface area contributed by atoms with E-state index in [1.54, 1.807) is 12.1 Å². The van der Waals surface area contributed by atoms with Crippen LogP contribution in [0.15, 0.2) is 27.8 Å². The Morgan fingerprint density at radius 3 is 2.65 bits per heavy atom. The first-order valence-electron chi connectivity index (χ1n) is 5.64. The molecule has 2 aromatic heterocycles. The number of nitriles is 2. The predicted octanol–water partition coefficient (Wildman–Crippen LogP) is 1.75. The lowest BCUT2D eigenvalue weighted by Gasteiger charge is -2.10. The molecule has 0 aliphatic carbocycles. The summed E-state index contributed by atoms with van der Waals surface area (Å²) in [5.74, 6) is 0.807. The molecule has 2 rings (SSSR count). The number of rotatable bonds is 4. The van der Waals surface area contributed by atoms with E-state index in [0.29, 0.717) is 22.1 Å². The predicted molar refractivity (Wildman–Crippen MR) is 73.6 cm³/mol. The molecule has 0 spiro atoms. The fourth-order valence-electron chi connectivity index (χ4n) is 1.71. The zero-order valence-corrected chi connectivity index (χ0v) is 11.1. The highest BCUT2D eigenvalue weighted by molar-refractivity contribution is 7.99. The van der Waals surface area contributed by atoms with E-state index in [4.69, 9.17) is 15.3 Å². The molecule has 0 bridgehead atoms. The van der Waals surface area contributed by atoms with Crippen LogP contribution in [0, 0.1) is 22.7 Å². The van der Waals surface area contributed by atoms with Gasteiger partial charge in [-0.3, -0.25) is 0 Å². The molecule has 100 valence electrons. The monoisotopic (exact) mass is 286 g/mol. The van der Waals surface area contributed by atoms with Crippen molar-refractivity contribution >= 4 is 17.6 Å². The van der Waals surface area contributed by atoms with Gasteiger partial charge in [-0.15, -0.1) is 11.8 Å². The summed E-state index contributed by atoms with van der Waals surface area (Å²) in [7, 11) is 0. The quantitative estimate of drug-likeness (QED) is 0.821. The molecule has 0 amide bonds. The number of furan rings is 1. The van der Waals surface area contributed by atoms with Crippen LogP contribution in [0.3, 0.4) is 0 Å². The van der Waals surface area contributed by atoms with E-state index < -0.39 is 0 Å². The van der Waals surface area contributed by atoms with E-state index in [2.05, 4.69) is 4.98 Å². The van der Waals surface area contributed by atoms with Gasteiger partial charge in [0.1, 0.15) is 34.3 Å². The first-order valence-corrected chi connectivity index (χ1v) is 6.62. The topological polar surface area (TPSA) is 120 Å². The molecule has 0 aliphatic rings. The summed E-state index contributed by atoms with van der Waals surface area (Å²) in [6, 6.07) is 7.30. The van der Waals surface area contributed by atoms with Gasteiger partial charge in [-0.2, -0.15) is 10.5 Å². The largest absolute Gasteiger partial charge is 0.464 e. The Bertz CT molecular complexity index is 699. The molecular formula is C13H10N4O2S. The minimum Gasteiger partial charge on any atom is -0.464 e. The average Bonchev–Trinajstić information content (AvgIpc) is 2.98. The third-order valence-electron chi connectivity index (χ3n) is 2.51. The molecule has 2 heterocycles. The number of hydrogen-bond acceptors (Lipinski definition) is 7. The third-order valence-corrected chi connectivity index (χ3v) is 3.47. The van der Waals surface area contributed by atoms with Gasteiger partial charge in [0.2, 0.25) is 0 Å². The van der Waals surface area contributed by atoms with E-state index in [1.165, 1.54) is 18.0 Å². The van der Waals surface area contributed by atoms with Crippen molar-refractivity contribution in [3.8, 4) is 23.5 Å². The van der Waals surface area contributed by atoms with Crippen molar-refractivity contribution in [2.24, 2.45) is 0 Å². The minimum absolute atomic E-state index is 0.0401. The van der Waals surface area contributed by atoms with Crippen LogP contribution in [0.25, 0.3) is 11.3 Å². The van der Waals surface area contributed by atoms with Gasteiger partial charge in [0.25, 0.3) is 0 Å². The van der Waals surface area contributed by atoms with Crippen molar-refractivity contribution in [3.63, 3.8) is 0 Å². The maximum atomic E-state index is 9.35. The Hall–Kier alpha value is -2.48. The Morgan fingerprint density at radius 2 is 2.10 bits per heavy atom. The number of nitrogens with two attached hydrogens (primary N) is 1. The maximum absolute atomic E-state index is 9.35. The lowest BCUT2D eigenvalue weighted by molar-refractivity contribution is 0.322. The van der Waals surface area contributed by atoms with Crippen molar-refractivity contribution in [1.82, 2.24) is 4.98 Å². The highest BCUT2D eigenvalue weighted by Crippen LogP contribution is 2.35. The van der Waals surface area contributed by atoms with Gasteiger partial charge >= 0.3 is 0 Å². The molecule has 6 nitrogen and oxygen atoms in total. The average molecular weight is 286 g/mol. The second-order valence-electron chi connectivity index (χ2n) is 3.70. The second kappa shape index (κ2) is 6.11. The van der Waals surface area contributed by atoms with Gasteiger partial charge in [0.05, 0.1) is 24.0 Å². The Balaban J connectivity index is 2.72. The first kappa shape index (κ1) is 13.9. The SMILES string of the molecule is N#Cc1c(N)nc(SCCO)c(C#N)c1-c1ccco1. The minimum atomic E-state index is -0.0484. The molecule has 2 aromatic rings. The van der Waals surface area contributed by atoms with Crippen LogP contribution in [0.4, 0.5) is 5.82 Å². The number of nitrogen functional groups attached to an aromatic ring is 1. The van der Waals surface area contributed by atoms with E-state index in [0.717, 1.165) is 0 Å². The number of hydrogen-bond donors (Lipinski definition) is 2. The second-order valence-corrected chi connectivity index (χ2v) is 4.78. The fourth-order valence-corrected chi connectivity index (χ4v) is 2.45. The summed E-state index contributed by atoms with van der Waals surface area (Å²) >= 11 is 1.20. The lowest BCUT2D eigenvalue weighted by Crippen LogP contribution is -2.03. The standard InChI is InChI=1S/C13H10N4O2S/c14-6-8-11(10-2-1-4-19-10)9(7-15)13(17-12(8)16)20-5-3-18/h1-2,4,18H,3,5H2,(H2,16,17). The van der Waals surface area contributed by atoms with E-state index in [-0.39, 0.29) is 23.6 Å². The summed E-state index contributed by atoms with van der Waals surface area (Å²) in [4.78, 5) is 4.07. The normalized spacial score (nSPS) is 9.95. The van der Waals surface area contributed by atoms with E-state index in [1.807, 2.05) is 12.1 Å². The molecule has 0 radical (unpaired) electrons. The smallest absolute Gasteiger partial charge is 0.143 e. The van der Waals surface area contributed by atoms with Crippen molar-refractivity contribution in [3.05, 3.63) is 29.5 Å². The molecule has 3 N–H and O–H groups in total. The van der Waals surface area contributed by atoms with E-state index >= 15 is 0 Å². The number of anilines is 1. The highest BCUT2D eigenvalue weighted by Gasteiger charge is 2.21. The Labute approximate surface area is 119 Å². The van der Waals surface area contributed by atoms with Crippen LogP contribution in [-0.2, 0) is 0 Å². The molecule has 20 heavy (non-hydrogen) atoms. The van der Waals surface area contributed by atoms with Crippen molar-refractivity contribution in [2.45, 2.75) is 5.03 Å². The van der Waals surface area contributed by atoms with Gasteiger partial charge in [-0.05, 0) is 12.1 Å². The van der Waals surface area contributed by atoms with Crippen LogP contribution in [0.2, 0.25) is 0 Å². The molecular weight excluding hydrogens is 276 g/mol. The molecule has 0 fully saturated rings. The van der Waals surface area contributed by atoms with Crippen LogP contribution < -0.4 is 5.73 Å². The summed E-state index contributed by atoms with van der Waals surface area (Å²) in [6.07, 6.45) is 1.45. The zero-order valence-electron chi connectivity index (χ0n) is 10.3. The van der Waals surface area contributed by atoms with Crippen LogP contribution in [0.1, 0.15) is 11.1 Å².